The van der Waals surface area contributed by atoms with Crippen molar-refractivity contribution in [1.82, 2.24) is 4.90 Å². The van der Waals surface area contributed by atoms with E-state index in [2.05, 4.69) is 39.6 Å². The molecule has 0 N–H and O–H groups in total. The second kappa shape index (κ2) is 5.89. The molecular formula is C14H29N. The summed E-state index contributed by atoms with van der Waals surface area (Å²) in [6.45, 7) is 9.32. The summed E-state index contributed by atoms with van der Waals surface area (Å²) in [6.07, 6.45) is 7.20. The Balaban J connectivity index is 2.44. The van der Waals surface area contributed by atoms with Crippen molar-refractivity contribution in [3.8, 4) is 0 Å². The van der Waals surface area contributed by atoms with Crippen LogP contribution in [0.1, 0.15) is 59.8 Å². The molecular weight excluding hydrogens is 182 g/mol. The summed E-state index contributed by atoms with van der Waals surface area (Å²) < 4.78 is 0. The van der Waals surface area contributed by atoms with Gasteiger partial charge in [0, 0.05) is 12.1 Å². The molecule has 15 heavy (non-hydrogen) atoms. The van der Waals surface area contributed by atoms with Crippen LogP contribution >= 0.6 is 0 Å². The maximum Gasteiger partial charge on any atom is 0.0123 e. The number of nitrogens with zero attached hydrogens (tertiary/aromatic N) is 1. The summed E-state index contributed by atoms with van der Waals surface area (Å²) in [6, 6.07) is 1.55. The van der Waals surface area contributed by atoms with Crippen LogP contribution in [0.25, 0.3) is 0 Å². The van der Waals surface area contributed by atoms with Crippen molar-refractivity contribution in [3.63, 3.8) is 0 Å². The molecule has 1 rings (SSSR count). The molecule has 1 saturated carbocycles. The molecule has 0 spiro atoms. The largest absolute Gasteiger partial charge is 0.301 e. The SMILES string of the molecule is CC(C)CCC(C1CCC1)N(C)C(C)C. The fourth-order valence-corrected chi connectivity index (χ4v) is 2.48. The highest BCUT2D eigenvalue weighted by molar-refractivity contribution is 4.85. The first-order chi connectivity index (χ1) is 7.02. The third-order valence-corrected chi connectivity index (χ3v) is 4.07. The molecule has 0 aromatic rings. The van der Waals surface area contributed by atoms with Gasteiger partial charge in [-0.1, -0.05) is 20.3 Å². The van der Waals surface area contributed by atoms with Crippen LogP contribution in [0.4, 0.5) is 0 Å². The van der Waals surface area contributed by atoms with Crippen LogP contribution < -0.4 is 0 Å². The van der Waals surface area contributed by atoms with E-state index in [1.54, 1.807) is 0 Å². The van der Waals surface area contributed by atoms with E-state index < -0.39 is 0 Å². The lowest BCUT2D eigenvalue weighted by atomic mass is 9.76. The third-order valence-electron chi connectivity index (χ3n) is 4.07. The van der Waals surface area contributed by atoms with Crippen LogP contribution in [0, 0.1) is 11.8 Å². The topological polar surface area (TPSA) is 3.24 Å². The van der Waals surface area contributed by atoms with E-state index in [0.29, 0.717) is 6.04 Å². The van der Waals surface area contributed by atoms with Gasteiger partial charge in [0.25, 0.3) is 0 Å². The Hall–Kier alpha value is -0.0400. The molecule has 0 saturated heterocycles. The Bertz CT molecular complexity index is 170. The first-order valence-corrected chi connectivity index (χ1v) is 6.74. The molecule has 1 aliphatic rings. The molecule has 0 aliphatic heterocycles. The molecule has 0 amide bonds. The van der Waals surface area contributed by atoms with E-state index in [0.717, 1.165) is 17.9 Å². The molecule has 1 aliphatic carbocycles. The van der Waals surface area contributed by atoms with Gasteiger partial charge in [0.1, 0.15) is 0 Å². The van der Waals surface area contributed by atoms with Crippen LogP contribution in [-0.2, 0) is 0 Å². The quantitative estimate of drug-likeness (QED) is 0.643. The molecule has 0 radical (unpaired) electrons. The zero-order valence-electron chi connectivity index (χ0n) is 11.3. The van der Waals surface area contributed by atoms with Crippen LogP contribution in [0.15, 0.2) is 0 Å². The Labute approximate surface area is 96.2 Å². The Morgan fingerprint density at radius 2 is 1.67 bits per heavy atom. The first kappa shape index (κ1) is 13.0. The van der Waals surface area contributed by atoms with Crippen LogP contribution in [0.2, 0.25) is 0 Å². The lowest BCUT2D eigenvalue weighted by Crippen LogP contribution is -2.44. The van der Waals surface area contributed by atoms with Crippen LogP contribution in [0.3, 0.4) is 0 Å². The van der Waals surface area contributed by atoms with Gasteiger partial charge in [-0.2, -0.15) is 0 Å². The number of hydrogen-bond donors (Lipinski definition) is 0. The standard InChI is InChI=1S/C14H29N/c1-11(2)9-10-14(13-7-6-8-13)15(5)12(3)4/h11-14H,6-10H2,1-5H3. The summed E-state index contributed by atoms with van der Waals surface area (Å²) in [7, 11) is 2.31. The van der Waals surface area contributed by atoms with Gasteiger partial charge < -0.3 is 4.90 Å². The molecule has 1 heteroatoms. The highest BCUT2D eigenvalue weighted by Crippen LogP contribution is 2.35. The lowest BCUT2D eigenvalue weighted by molar-refractivity contribution is 0.0832. The predicted molar refractivity (Wildman–Crippen MR) is 68.1 cm³/mol. The van der Waals surface area contributed by atoms with Crippen molar-refractivity contribution >= 4 is 0 Å². The van der Waals surface area contributed by atoms with Crippen molar-refractivity contribution in [2.75, 3.05) is 7.05 Å². The minimum atomic E-state index is 0.697. The molecule has 1 nitrogen and oxygen atoms in total. The third kappa shape index (κ3) is 3.79. The van der Waals surface area contributed by atoms with Gasteiger partial charge in [-0.3, -0.25) is 0 Å². The molecule has 0 aromatic heterocycles. The summed E-state index contributed by atoms with van der Waals surface area (Å²) in [4.78, 5) is 2.60. The minimum absolute atomic E-state index is 0.697. The highest BCUT2D eigenvalue weighted by Gasteiger charge is 2.30. The van der Waals surface area contributed by atoms with Crippen LogP contribution in [-0.4, -0.2) is 24.0 Å². The van der Waals surface area contributed by atoms with Crippen molar-refractivity contribution in [3.05, 3.63) is 0 Å². The minimum Gasteiger partial charge on any atom is -0.301 e. The van der Waals surface area contributed by atoms with E-state index in [9.17, 15) is 0 Å². The van der Waals surface area contributed by atoms with Gasteiger partial charge in [-0.05, 0) is 58.4 Å². The van der Waals surface area contributed by atoms with Gasteiger partial charge >= 0.3 is 0 Å². The molecule has 1 atom stereocenters. The monoisotopic (exact) mass is 211 g/mol. The summed E-state index contributed by atoms with van der Waals surface area (Å²) >= 11 is 0. The van der Waals surface area contributed by atoms with E-state index in [4.69, 9.17) is 0 Å². The maximum absolute atomic E-state index is 2.60. The second-order valence-electron chi connectivity index (χ2n) is 5.99. The van der Waals surface area contributed by atoms with Gasteiger partial charge in [0.05, 0.1) is 0 Å². The lowest BCUT2D eigenvalue weighted by Gasteiger charge is -2.41. The molecule has 0 bridgehead atoms. The summed E-state index contributed by atoms with van der Waals surface area (Å²) in [5.74, 6) is 1.85. The van der Waals surface area contributed by atoms with E-state index in [1.165, 1.54) is 32.1 Å². The van der Waals surface area contributed by atoms with Crippen molar-refractivity contribution in [2.45, 2.75) is 71.9 Å². The van der Waals surface area contributed by atoms with E-state index in [-0.39, 0.29) is 0 Å². The second-order valence-corrected chi connectivity index (χ2v) is 5.99. The fraction of sp³-hybridized carbons (Fsp3) is 1.00. The van der Waals surface area contributed by atoms with Crippen molar-refractivity contribution in [2.24, 2.45) is 11.8 Å². The average Bonchev–Trinajstić information content (AvgIpc) is 2.07. The van der Waals surface area contributed by atoms with Gasteiger partial charge in [-0.25, -0.2) is 0 Å². The molecule has 0 aromatic carbocycles. The molecule has 90 valence electrons. The highest BCUT2D eigenvalue weighted by atomic mass is 15.2. The van der Waals surface area contributed by atoms with Crippen molar-refractivity contribution in [1.29, 1.82) is 0 Å². The van der Waals surface area contributed by atoms with Crippen molar-refractivity contribution < 1.29 is 0 Å². The van der Waals surface area contributed by atoms with E-state index >= 15 is 0 Å². The normalized spacial score (nSPS) is 20.0. The maximum atomic E-state index is 2.60. The van der Waals surface area contributed by atoms with Gasteiger partial charge in [0.2, 0.25) is 0 Å². The zero-order valence-corrected chi connectivity index (χ0v) is 11.3. The van der Waals surface area contributed by atoms with Gasteiger partial charge in [-0.15, -0.1) is 0 Å². The summed E-state index contributed by atoms with van der Waals surface area (Å²) in [5.41, 5.74) is 0. The fourth-order valence-electron chi connectivity index (χ4n) is 2.48. The Morgan fingerprint density at radius 3 is 2.00 bits per heavy atom. The zero-order chi connectivity index (χ0) is 11.4. The molecule has 0 heterocycles. The average molecular weight is 211 g/mol. The van der Waals surface area contributed by atoms with Crippen LogP contribution in [0.5, 0.6) is 0 Å². The smallest absolute Gasteiger partial charge is 0.0123 e. The predicted octanol–water partition coefficient (Wildman–Crippen LogP) is 3.93. The molecule has 1 fully saturated rings. The molecule has 1 unspecified atom stereocenters. The summed E-state index contributed by atoms with van der Waals surface area (Å²) in [5, 5.41) is 0. The van der Waals surface area contributed by atoms with E-state index in [1.807, 2.05) is 0 Å². The first-order valence-electron chi connectivity index (χ1n) is 6.74. The Morgan fingerprint density at radius 1 is 1.07 bits per heavy atom. The number of rotatable bonds is 6. The Kier molecular flexibility index (Phi) is 5.11. The van der Waals surface area contributed by atoms with Gasteiger partial charge in [0.15, 0.2) is 0 Å². The number of hydrogen-bond acceptors (Lipinski definition) is 1.